The quantitative estimate of drug-likeness (QED) is 0.670. The van der Waals surface area contributed by atoms with Gasteiger partial charge in [-0.25, -0.2) is 4.98 Å². The lowest BCUT2D eigenvalue weighted by Gasteiger charge is -2.21. The van der Waals surface area contributed by atoms with Crippen LogP contribution in [0.1, 0.15) is 44.4 Å². The first-order valence-corrected chi connectivity index (χ1v) is 6.68. The Morgan fingerprint density at radius 3 is 2.89 bits per heavy atom. The minimum absolute atomic E-state index is 0.162. The van der Waals surface area contributed by atoms with Gasteiger partial charge in [0.15, 0.2) is 0 Å². The molecular weight excluding hydrogens is 266 g/mol. The number of rotatable bonds is 2. The third-order valence-corrected chi connectivity index (χ3v) is 3.29. The minimum Gasteiger partial charge on any atom is -0.460 e. The normalized spacial score (nSPS) is 22.2. The van der Waals surface area contributed by atoms with Gasteiger partial charge in [-0.05, 0) is 38.8 Å². The molecule has 0 amide bonds. The zero-order chi connectivity index (χ0) is 14.2. The van der Waals surface area contributed by atoms with Crippen LogP contribution in [0.25, 0.3) is 0 Å². The first-order valence-electron chi connectivity index (χ1n) is 6.30. The molecule has 0 unspecified atom stereocenters. The predicted molar refractivity (Wildman–Crippen MR) is 71.9 cm³/mol. The van der Waals surface area contributed by atoms with Gasteiger partial charge in [-0.3, -0.25) is 4.79 Å². The Hall–Kier alpha value is -1.13. The SMILES string of the molecule is CC(C)(C)OC(=O)C[C@@H]1Cc2cc(Cl)ncc2[C@@H]1O. The van der Waals surface area contributed by atoms with Crippen molar-refractivity contribution in [2.75, 3.05) is 0 Å². The molecule has 5 heteroatoms. The summed E-state index contributed by atoms with van der Waals surface area (Å²) < 4.78 is 5.28. The van der Waals surface area contributed by atoms with Gasteiger partial charge in [0.05, 0.1) is 12.5 Å². The average molecular weight is 284 g/mol. The van der Waals surface area contributed by atoms with Crippen LogP contribution in [0.4, 0.5) is 0 Å². The van der Waals surface area contributed by atoms with Crippen molar-refractivity contribution >= 4 is 17.6 Å². The average Bonchev–Trinajstić information content (AvgIpc) is 2.52. The van der Waals surface area contributed by atoms with E-state index >= 15 is 0 Å². The Kier molecular flexibility index (Phi) is 3.83. The second-order valence-electron chi connectivity index (χ2n) is 5.91. The topological polar surface area (TPSA) is 59.4 Å². The van der Waals surface area contributed by atoms with Gasteiger partial charge in [-0.2, -0.15) is 0 Å². The number of aromatic nitrogens is 1. The lowest BCUT2D eigenvalue weighted by molar-refractivity contribution is -0.156. The number of carbonyl (C=O) groups excluding carboxylic acids is 1. The molecule has 2 atom stereocenters. The fraction of sp³-hybridized carbons (Fsp3) is 0.571. The molecule has 1 aliphatic rings. The van der Waals surface area contributed by atoms with Gasteiger partial charge in [-0.1, -0.05) is 11.6 Å². The zero-order valence-electron chi connectivity index (χ0n) is 11.3. The monoisotopic (exact) mass is 283 g/mol. The van der Waals surface area contributed by atoms with Crippen LogP contribution in [0, 0.1) is 5.92 Å². The van der Waals surface area contributed by atoms with E-state index in [0.717, 1.165) is 11.1 Å². The van der Waals surface area contributed by atoms with E-state index in [-0.39, 0.29) is 18.3 Å². The van der Waals surface area contributed by atoms with Crippen LogP contribution in [0.15, 0.2) is 12.3 Å². The van der Waals surface area contributed by atoms with E-state index in [1.165, 1.54) is 0 Å². The van der Waals surface area contributed by atoms with Gasteiger partial charge in [0, 0.05) is 17.7 Å². The Morgan fingerprint density at radius 2 is 2.26 bits per heavy atom. The largest absolute Gasteiger partial charge is 0.460 e. The molecule has 2 rings (SSSR count). The number of aliphatic hydroxyl groups is 1. The standard InChI is InChI=1S/C14H18ClNO3/c1-14(2,3)19-12(17)6-9-4-8-5-11(15)16-7-10(8)13(9)18/h5,7,9,13,18H,4,6H2,1-3H3/t9-,13+/m0/s1. The van der Waals surface area contributed by atoms with E-state index in [1.807, 2.05) is 20.8 Å². The highest BCUT2D eigenvalue weighted by Gasteiger charge is 2.34. The molecule has 104 valence electrons. The maximum absolute atomic E-state index is 11.8. The molecule has 19 heavy (non-hydrogen) atoms. The highest BCUT2D eigenvalue weighted by atomic mass is 35.5. The summed E-state index contributed by atoms with van der Waals surface area (Å²) in [5.74, 6) is -0.450. The molecule has 1 aromatic rings. The van der Waals surface area contributed by atoms with Crippen molar-refractivity contribution in [3.8, 4) is 0 Å². The summed E-state index contributed by atoms with van der Waals surface area (Å²) in [4.78, 5) is 15.8. The number of halogens is 1. The van der Waals surface area contributed by atoms with Crippen LogP contribution < -0.4 is 0 Å². The van der Waals surface area contributed by atoms with Crippen LogP contribution in [0.2, 0.25) is 5.15 Å². The zero-order valence-corrected chi connectivity index (χ0v) is 12.1. The summed E-state index contributed by atoms with van der Waals surface area (Å²) in [6.07, 6.45) is 1.73. The molecule has 0 saturated carbocycles. The molecule has 0 radical (unpaired) electrons. The molecule has 1 aromatic heterocycles. The Bertz CT molecular complexity index is 496. The number of esters is 1. The van der Waals surface area contributed by atoms with Crippen molar-refractivity contribution in [1.29, 1.82) is 0 Å². The number of hydrogen-bond acceptors (Lipinski definition) is 4. The molecule has 0 fully saturated rings. The van der Waals surface area contributed by atoms with E-state index in [2.05, 4.69) is 4.98 Å². The van der Waals surface area contributed by atoms with Gasteiger partial charge in [-0.15, -0.1) is 0 Å². The van der Waals surface area contributed by atoms with Gasteiger partial charge < -0.3 is 9.84 Å². The Labute approximate surface area is 117 Å². The second kappa shape index (κ2) is 5.10. The maximum atomic E-state index is 11.8. The van der Waals surface area contributed by atoms with Crippen LogP contribution >= 0.6 is 11.6 Å². The number of carbonyl (C=O) groups is 1. The molecule has 0 aliphatic heterocycles. The molecule has 1 heterocycles. The second-order valence-corrected chi connectivity index (χ2v) is 6.29. The highest BCUT2D eigenvalue weighted by molar-refractivity contribution is 6.29. The lowest BCUT2D eigenvalue weighted by Crippen LogP contribution is -2.26. The van der Waals surface area contributed by atoms with Gasteiger partial charge in [0.1, 0.15) is 10.8 Å². The number of pyridine rings is 1. The highest BCUT2D eigenvalue weighted by Crippen LogP contribution is 2.38. The Morgan fingerprint density at radius 1 is 1.58 bits per heavy atom. The van der Waals surface area contributed by atoms with Crippen molar-refractivity contribution in [3.63, 3.8) is 0 Å². The molecule has 4 nitrogen and oxygen atoms in total. The molecule has 1 N–H and O–H groups in total. The summed E-state index contributed by atoms with van der Waals surface area (Å²) in [6.45, 7) is 5.48. The van der Waals surface area contributed by atoms with Crippen molar-refractivity contribution < 1.29 is 14.6 Å². The molecule has 0 bridgehead atoms. The number of aliphatic hydroxyl groups excluding tert-OH is 1. The van der Waals surface area contributed by atoms with Gasteiger partial charge in [0.25, 0.3) is 0 Å². The number of nitrogens with zero attached hydrogens (tertiary/aromatic N) is 1. The van der Waals surface area contributed by atoms with E-state index in [4.69, 9.17) is 16.3 Å². The number of hydrogen-bond donors (Lipinski definition) is 1. The van der Waals surface area contributed by atoms with E-state index in [9.17, 15) is 9.90 Å². The molecule has 0 saturated heterocycles. The minimum atomic E-state index is -0.674. The third kappa shape index (κ3) is 3.45. The fourth-order valence-electron chi connectivity index (χ4n) is 2.35. The molecule has 1 aliphatic carbocycles. The van der Waals surface area contributed by atoms with Crippen LogP contribution in [-0.2, 0) is 16.0 Å². The van der Waals surface area contributed by atoms with E-state index in [0.29, 0.717) is 11.6 Å². The summed E-state index contributed by atoms with van der Waals surface area (Å²) >= 11 is 5.83. The van der Waals surface area contributed by atoms with Crippen molar-refractivity contribution in [1.82, 2.24) is 4.98 Å². The van der Waals surface area contributed by atoms with Crippen molar-refractivity contribution in [3.05, 3.63) is 28.5 Å². The lowest BCUT2D eigenvalue weighted by atomic mass is 10.00. The van der Waals surface area contributed by atoms with E-state index in [1.54, 1.807) is 12.3 Å². The smallest absolute Gasteiger partial charge is 0.306 e. The Balaban J connectivity index is 2.04. The summed E-state index contributed by atoms with van der Waals surface area (Å²) in [5, 5.41) is 10.6. The van der Waals surface area contributed by atoms with Crippen LogP contribution in [-0.4, -0.2) is 21.7 Å². The number of fused-ring (bicyclic) bond motifs is 1. The first kappa shape index (κ1) is 14.3. The van der Waals surface area contributed by atoms with Gasteiger partial charge >= 0.3 is 5.97 Å². The van der Waals surface area contributed by atoms with E-state index < -0.39 is 11.7 Å². The third-order valence-electron chi connectivity index (χ3n) is 3.09. The maximum Gasteiger partial charge on any atom is 0.306 e. The number of ether oxygens (including phenoxy) is 1. The predicted octanol–water partition coefficient (Wildman–Crippen LogP) is 2.67. The van der Waals surface area contributed by atoms with Crippen molar-refractivity contribution in [2.45, 2.75) is 45.3 Å². The molecule has 0 aromatic carbocycles. The summed E-state index contributed by atoms with van der Waals surface area (Å²) in [7, 11) is 0. The first-order chi connectivity index (χ1) is 8.76. The van der Waals surface area contributed by atoms with Gasteiger partial charge in [0.2, 0.25) is 0 Å². The van der Waals surface area contributed by atoms with Crippen LogP contribution in [0.3, 0.4) is 0 Å². The van der Waals surface area contributed by atoms with Crippen LogP contribution in [0.5, 0.6) is 0 Å². The fourth-order valence-corrected chi connectivity index (χ4v) is 2.53. The van der Waals surface area contributed by atoms with Crippen molar-refractivity contribution in [2.24, 2.45) is 5.92 Å². The molecular formula is C14H18ClNO3. The summed E-state index contributed by atoms with van der Waals surface area (Å²) in [5.41, 5.74) is 1.22. The molecule has 0 spiro atoms. The summed E-state index contributed by atoms with van der Waals surface area (Å²) in [6, 6.07) is 1.75.